The summed E-state index contributed by atoms with van der Waals surface area (Å²) >= 11 is 1.50. The molecule has 0 atom stereocenters. The number of benzene rings is 1. The Hall–Kier alpha value is -2.73. The zero-order valence-electron chi connectivity index (χ0n) is 11.6. The molecule has 0 spiro atoms. The van der Waals surface area contributed by atoms with Gasteiger partial charge in [-0.15, -0.1) is 11.3 Å². The van der Waals surface area contributed by atoms with E-state index in [4.69, 9.17) is 0 Å². The number of pyridine rings is 1. The van der Waals surface area contributed by atoms with Crippen molar-refractivity contribution in [1.82, 2.24) is 9.97 Å². The minimum Gasteiger partial charge on any atom is -0.504 e. The molecule has 0 unspecified atom stereocenters. The van der Waals surface area contributed by atoms with Gasteiger partial charge < -0.3 is 10.4 Å². The lowest BCUT2D eigenvalue weighted by molar-refractivity contribution is -0.115. The van der Waals surface area contributed by atoms with Gasteiger partial charge in [-0.25, -0.2) is 9.97 Å². The van der Waals surface area contributed by atoms with Crippen molar-refractivity contribution in [2.75, 3.05) is 5.32 Å². The molecule has 5 nitrogen and oxygen atoms in total. The highest BCUT2D eigenvalue weighted by molar-refractivity contribution is 7.13. The van der Waals surface area contributed by atoms with E-state index in [9.17, 15) is 9.90 Å². The average molecular weight is 311 g/mol. The summed E-state index contributed by atoms with van der Waals surface area (Å²) in [5, 5.41) is 14.9. The fraction of sp³-hybridized carbons (Fsp3) is 0.0625. The number of anilines is 1. The highest BCUT2D eigenvalue weighted by Gasteiger charge is 2.11. The number of carbonyl (C=O) groups is 1. The third-order valence-electron chi connectivity index (χ3n) is 2.96. The molecular formula is C16H13N3O2S. The van der Waals surface area contributed by atoms with Crippen LogP contribution in [0.25, 0.3) is 10.6 Å². The molecule has 1 aromatic carbocycles. The molecule has 3 rings (SSSR count). The van der Waals surface area contributed by atoms with Crippen molar-refractivity contribution in [1.29, 1.82) is 0 Å². The molecule has 0 fully saturated rings. The number of aromatic nitrogens is 2. The van der Waals surface area contributed by atoms with Gasteiger partial charge in [0.15, 0.2) is 11.6 Å². The maximum Gasteiger partial charge on any atom is 0.231 e. The molecule has 0 radical (unpaired) electrons. The maximum atomic E-state index is 12.0. The SMILES string of the molecule is O=C(Cc1csc(-c2ccccc2)n1)Nc1ncccc1O. The number of aromatic hydroxyl groups is 1. The number of nitrogens with one attached hydrogen (secondary N) is 1. The molecule has 110 valence electrons. The van der Waals surface area contributed by atoms with Crippen molar-refractivity contribution in [2.45, 2.75) is 6.42 Å². The second-order valence-electron chi connectivity index (χ2n) is 4.61. The number of amides is 1. The molecule has 3 aromatic rings. The van der Waals surface area contributed by atoms with Crippen LogP contribution in [0.5, 0.6) is 5.75 Å². The van der Waals surface area contributed by atoms with Crippen LogP contribution in [-0.2, 0) is 11.2 Å². The fourth-order valence-electron chi connectivity index (χ4n) is 1.94. The van der Waals surface area contributed by atoms with E-state index in [1.807, 2.05) is 35.7 Å². The van der Waals surface area contributed by atoms with Crippen molar-refractivity contribution >= 4 is 23.1 Å². The van der Waals surface area contributed by atoms with Crippen LogP contribution >= 0.6 is 11.3 Å². The smallest absolute Gasteiger partial charge is 0.231 e. The topological polar surface area (TPSA) is 75.1 Å². The molecule has 0 aliphatic heterocycles. The first kappa shape index (κ1) is 14.2. The van der Waals surface area contributed by atoms with E-state index in [2.05, 4.69) is 15.3 Å². The van der Waals surface area contributed by atoms with Gasteiger partial charge in [0.1, 0.15) is 5.01 Å². The van der Waals surface area contributed by atoms with Crippen LogP contribution in [-0.4, -0.2) is 21.0 Å². The largest absolute Gasteiger partial charge is 0.504 e. The van der Waals surface area contributed by atoms with Gasteiger partial charge in [-0.3, -0.25) is 4.79 Å². The Balaban J connectivity index is 1.68. The minimum atomic E-state index is -0.265. The van der Waals surface area contributed by atoms with Crippen LogP contribution in [0.4, 0.5) is 5.82 Å². The number of thiazole rings is 1. The predicted molar refractivity (Wildman–Crippen MR) is 85.8 cm³/mol. The summed E-state index contributed by atoms with van der Waals surface area (Å²) in [6, 6.07) is 12.9. The lowest BCUT2D eigenvalue weighted by Crippen LogP contribution is -2.15. The Morgan fingerprint density at radius 3 is 2.77 bits per heavy atom. The number of hydrogen-bond acceptors (Lipinski definition) is 5. The summed E-state index contributed by atoms with van der Waals surface area (Å²) < 4.78 is 0. The molecule has 2 N–H and O–H groups in total. The molecule has 0 aliphatic rings. The molecule has 2 heterocycles. The zero-order chi connectivity index (χ0) is 15.4. The quantitative estimate of drug-likeness (QED) is 0.776. The summed E-state index contributed by atoms with van der Waals surface area (Å²) in [7, 11) is 0. The summed E-state index contributed by atoms with van der Waals surface area (Å²) in [5.41, 5.74) is 1.72. The second-order valence-corrected chi connectivity index (χ2v) is 5.46. The van der Waals surface area contributed by atoms with E-state index >= 15 is 0 Å². The van der Waals surface area contributed by atoms with Gasteiger partial charge in [-0.1, -0.05) is 30.3 Å². The Bertz CT molecular complexity index is 787. The van der Waals surface area contributed by atoms with Crippen molar-refractivity contribution in [3.05, 3.63) is 59.7 Å². The molecule has 0 bridgehead atoms. The highest BCUT2D eigenvalue weighted by Crippen LogP contribution is 2.24. The molecule has 0 aliphatic carbocycles. The monoisotopic (exact) mass is 311 g/mol. The normalized spacial score (nSPS) is 10.4. The molecule has 22 heavy (non-hydrogen) atoms. The second kappa shape index (κ2) is 6.36. The van der Waals surface area contributed by atoms with Crippen LogP contribution in [0.15, 0.2) is 54.0 Å². The van der Waals surface area contributed by atoms with Crippen molar-refractivity contribution in [2.24, 2.45) is 0 Å². The van der Waals surface area contributed by atoms with Gasteiger partial charge >= 0.3 is 0 Å². The molecule has 0 saturated carbocycles. The number of hydrogen-bond donors (Lipinski definition) is 2. The maximum absolute atomic E-state index is 12.0. The lowest BCUT2D eigenvalue weighted by atomic mass is 10.2. The van der Waals surface area contributed by atoms with E-state index in [0.717, 1.165) is 10.6 Å². The van der Waals surface area contributed by atoms with Gasteiger partial charge in [0.25, 0.3) is 0 Å². The number of rotatable bonds is 4. The summed E-state index contributed by atoms with van der Waals surface area (Å²) in [4.78, 5) is 20.4. The third kappa shape index (κ3) is 3.29. The molecule has 0 saturated heterocycles. The van der Waals surface area contributed by atoms with E-state index in [0.29, 0.717) is 5.69 Å². The Morgan fingerprint density at radius 1 is 1.18 bits per heavy atom. The van der Waals surface area contributed by atoms with E-state index < -0.39 is 0 Å². The highest BCUT2D eigenvalue weighted by atomic mass is 32.1. The van der Waals surface area contributed by atoms with Crippen LogP contribution in [0.1, 0.15) is 5.69 Å². The van der Waals surface area contributed by atoms with Gasteiger partial charge in [-0.05, 0) is 12.1 Å². The summed E-state index contributed by atoms with van der Waals surface area (Å²) in [6.45, 7) is 0. The standard InChI is InChI=1S/C16H13N3O2S/c20-13-7-4-8-17-15(13)19-14(21)9-12-10-22-16(18-12)11-5-2-1-3-6-11/h1-8,10,20H,9H2,(H,17,19,21). The predicted octanol–water partition coefficient (Wildman–Crippen LogP) is 3.09. The molecular weight excluding hydrogens is 298 g/mol. The van der Waals surface area contributed by atoms with Gasteiger partial charge in [-0.2, -0.15) is 0 Å². The lowest BCUT2D eigenvalue weighted by Gasteiger charge is -2.04. The third-order valence-corrected chi connectivity index (χ3v) is 3.90. The first-order chi connectivity index (χ1) is 10.7. The molecule has 6 heteroatoms. The van der Waals surface area contributed by atoms with Gasteiger partial charge in [0.2, 0.25) is 5.91 Å². The summed E-state index contributed by atoms with van der Waals surface area (Å²) in [5.74, 6) is -0.163. The number of nitrogens with zero attached hydrogens (tertiary/aromatic N) is 2. The van der Waals surface area contributed by atoms with Crippen LogP contribution in [0, 0.1) is 0 Å². The first-order valence-electron chi connectivity index (χ1n) is 6.66. The number of carbonyl (C=O) groups excluding carboxylic acids is 1. The average Bonchev–Trinajstić information content (AvgIpc) is 2.99. The zero-order valence-corrected chi connectivity index (χ0v) is 12.4. The van der Waals surface area contributed by atoms with Crippen molar-refractivity contribution in [3.63, 3.8) is 0 Å². The Morgan fingerprint density at radius 2 is 2.00 bits per heavy atom. The van der Waals surface area contributed by atoms with Gasteiger partial charge in [0.05, 0.1) is 12.1 Å². The van der Waals surface area contributed by atoms with Crippen molar-refractivity contribution < 1.29 is 9.90 Å². The fourth-order valence-corrected chi connectivity index (χ4v) is 2.76. The molecule has 1 amide bonds. The van der Waals surface area contributed by atoms with Crippen LogP contribution in [0.3, 0.4) is 0 Å². The first-order valence-corrected chi connectivity index (χ1v) is 7.54. The Kier molecular flexibility index (Phi) is 4.11. The van der Waals surface area contributed by atoms with Crippen LogP contribution < -0.4 is 5.32 Å². The molecule has 2 aromatic heterocycles. The van der Waals surface area contributed by atoms with E-state index in [-0.39, 0.29) is 23.9 Å². The van der Waals surface area contributed by atoms with Gasteiger partial charge in [0, 0.05) is 17.1 Å². The Labute approximate surface area is 131 Å². The summed E-state index contributed by atoms with van der Waals surface area (Å²) in [6.07, 6.45) is 1.64. The van der Waals surface area contributed by atoms with Crippen molar-refractivity contribution in [3.8, 4) is 16.3 Å². The van der Waals surface area contributed by atoms with E-state index in [1.165, 1.54) is 23.6 Å². The van der Waals surface area contributed by atoms with E-state index in [1.54, 1.807) is 6.07 Å². The minimum absolute atomic E-state index is 0.0564. The van der Waals surface area contributed by atoms with Crippen LogP contribution in [0.2, 0.25) is 0 Å².